The highest BCUT2D eigenvalue weighted by atomic mass is 16.2. The number of rotatable bonds is 3. The highest BCUT2D eigenvalue weighted by molar-refractivity contribution is 6.22. The predicted molar refractivity (Wildman–Crippen MR) is 91.7 cm³/mol. The van der Waals surface area contributed by atoms with E-state index in [-0.39, 0.29) is 30.2 Å². The molecule has 6 nitrogen and oxygen atoms in total. The Morgan fingerprint density at radius 3 is 2.50 bits per heavy atom. The molecule has 24 heavy (non-hydrogen) atoms. The zero-order valence-corrected chi connectivity index (χ0v) is 14.1. The number of nitrogens with zero attached hydrogens (tertiary/aromatic N) is 2. The molecule has 2 saturated heterocycles. The lowest BCUT2D eigenvalue weighted by atomic mass is 10.0. The zero-order chi connectivity index (χ0) is 17.3. The SMILES string of the molecule is CC(=O)Nc1ccc(N2C(=O)C[C@H](N3CCCC[C@H]3C)C2=O)cc1. The van der Waals surface area contributed by atoms with Gasteiger partial charge < -0.3 is 5.32 Å². The number of hydrogen-bond acceptors (Lipinski definition) is 4. The second kappa shape index (κ2) is 6.73. The zero-order valence-electron chi connectivity index (χ0n) is 14.1. The molecule has 2 aliphatic heterocycles. The molecule has 1 aromatic carbocycles. The fourth-order valence-electron chi connectivity index (χ4n) is 3.63. The van der Waals surface area contributed by atoms with Crippen molar-refractivity contribution < 1.29 is 14.4 Å². The Morgan fingerprint density at radius 1 is 1.17 bits per heavy atom. The van der Waals surface area contributed by atoms with Gasteiger partial charge in [0, 0.05) is 18.7 Å². The van der Waals surface area contributed by atoms with E-state index in [4.69, 9.17) is 0 Å². The van der Waals surface area contributed by atoms with Crippen molar-refractivity contribution in [2.45, 2.75) is 51.6 Å². The molecular formula is C18H23N3O3. The van der Waals surface area contributed by atoms with E-state index in [1.54, 1.807) is 24.3 Å². The maximum absolute atomic E-state index is 12.8. The molecule has 3 amide bonds. The minimum absolute atomic E-state index is 0.138. The average Bonchev–Trinajstić information content (AvgIpc) is 2.83. The summed E-state index contributed by atoms with van der Waals surface area (Å²) in [5.41, 5.74) is 1.21. The Morgan fingerprint density at radius 2 is 1.88 bits per heavy atom. The molecule has 1 N–H and O–H groups in total. The Labute approximate surface area is 141 Å². The van der Waals surface area contributed by atoms with Crippen LogP contribution in [0.3, 0.4) is 0 Å². The van der Waals surface area contributed by atoms with Gasteiger partial charge >= 0.3 is 0 Å². The van der Waals surface area contributed by atoms with Crippen LogP contribution in [0.2, 0.25) is 0 Å². The maximum atomic E-state index is 12.8. The number of amides is 3. The third-order valence-electron chi connectivity index (χ3n) is 4.82. The van der Waals surface area contributed by atoms with Crippen molar-refractivity contribution in [1.82, 2.24) is 4.90 Å². The molecule has 3 rings (SSSR count). The summed E-state index contributed by atoms with van der Waals surface area (Å²) >= 11 is 0. The van der Waals surface area contributed by atoms with E-state index in [2.05, 4.69) is 17.1 Å². The Balaban J connectivity index is 1.77. The lowest BCUT2D eigenvalue weighted by Crippen LogP contribution is -2.48. The summed E-state index contributed by atoms with van der Waals surface area (Å²) in [7, 11) is 0. The van der Waals surface area contributed by atoms with Gasteiger partial charge in [0.2, 0.25) is 11.8 Å². The number of piperidine rings is 1. The third-order valence-corrected chi connectivity index (χ3v) is 4.82. The second-order valence-electron chi connectivity index (χ2n) is 6.60. The molecule has 2 atom stereocenters. The van der Waals surface area contributed by atoms with Crippen molar-refractivity contribution in [1.29, 1.82) is 0 Å². The van der Waals surface area contributed by atoms with Gasteiger partial charge in [-0.05, 0) is 50.6 Å². The van der Waals surface area contributed by atoms with Crippen molar-refractivity contribution in [3.63, 3.8) is 0 Å². The average molecular weight is 329 g/mol. The first kappa shape index (κ1) is 16.6. The number of benzene rings is 1. The van der Waals surface area contributed by atoms with Gasteiger partial charge in [-0.3, -0.25) is 19.3 Å². The molecule has 0 bridgehead atoms. The maximum Gasteiger partial charge on any atom is 0.251 e. The van der Waals surface area contributed by atoms with Crippen LogP contribution in [0.4, 0.5) is 11.4 Å². The first-order chi connectivity index (χ1) is 11.5. The fourth-order valence-corrected chi connectivity index (χ4v) is 3.63. The monoisotopic (exact) mass is 329 g/mol. The van der Waals surface area contributed by atoms with Crippen molar-refractivity contribution in [3.8, 4) is 0 Å². The first-order valence-corrected chi connectivity index (χ1v) is 8.47. The quantitative estimate of drug-likeness (QED) is 0.863. The lowest BCUT2D eigenvalue weighted by Gasteiger charge is -2.36. The minimum atomic E-state index is -0.345. The number of carbonyl (C=O) groups excluding carboxylic acids is 3. The smallest absolute Gasteiger partial charge is 0.251 e. The molecule has 0 saturated carbocycles. The van der Waals surface area contributed by atoms with Gasteiger partial charge in [-0.2, -0.15) is 0 Å². The van der Waals surface area contributed by atoms with Crippen LogP contribution in [0.25, 0.3) is 0 Å². The molecule has 1 aromatic rings. The summed E-state index contributed by atoms with van der Waals surface area (Å²) in [6.45, 7) is 4.44. The van der Waals surface area contributed by atoms with Gasteiger partial charge in [0.25, 0.3) is 5.91 Å². The molecule has 0 aliphatic carbocycles. The van der Waals surface area contributed by atoms with Gasteiger partial charge in [-0.25, -0.2) is 4.90 Å². The van der Waals surface area contributed by atoms with Crippen LogP contribution in [0, 0.1) is 0 Å². The van der Waals surface area contributed by atoms with Gasteiger partial charge in [-0.15, -0.1) is 0 Å². The molecule has 2 fully saturated rings. The van der Waals surface area contributed by atoms with Gasteiger partial charge in [0.05, 0.1) is 18.2 Å². The topological polar surface area (TPSA) is 69.7 Å². The fraction of sp³-hybridized carbons (Fsp3) is 0.500. The summed E-state index contributed by atoms with van der Waals surface area (Å²) in [5.74, 6) is -0.452. The van der Waals surface area contributed by atoms with Crippen LogP contribution in [-0.2, 0) is 14.4 Å². The Kier molecular flexibility index (Phi) is 4.66. The van der Waals surface area contributed by atoms with E-state index in [0.29, 0.717) is 17.4 Å². The highest BCUT2D eigenvalue weighted by Crippen LogP contribution is 2.30. The Hall–Kier alpha value is -2.21. The predicted octanol–water partition coefficient (Wildman–Crippen LogP) is 2.15. The van der Waals surface area contributed by atoms with Crippen LogP contribution < -0.4 is 10.2 Å². The molecule has 2 heterocycles. The summed E-state index contributed by atoms with van der Waals surface area (Å²) < 4.78 is 0. The molecule has 0 aromatic heterocycles. The van der Waals surface area contributed by atoms with E-state index in [9.17, 15) is 14.4 Å². The molecule has 0 spiro atoms. The molecule has 0 radical (unpaired) electrons. The van der Waals surface area contributed by atoms with Crippen LogP contribution in [-0.4, -0.2) is 41.2 Å². The van der Waals surface area contributed by atoms with Crippen LogP contribution >= 0.6 is 0 Å². The summed E-state index contributed by atoms with van der Waals surface area (Å²) in [6, 6.07) is 6.79. The summed E-state index contributed by atoms with van der Waals surface area (Å²) in [6.07, 6.45) is 3.58. The van der Waals surface area contributed by atoms with Crippen molar-refractivity contribution in [2.24, 2.45) is 0 Å². The van der Waals surface area contributed by atoms with Gasteiger partial charge in [0.15, 0.2) is 0 Å². The van der Waals surface area contributed by atoms with Crippen LogP contribution in [0.5, 0.6) is 0 Å². The number of hydrogen-bond donors (Lipinski definition) is 1. The van der Waals surface area contributed by atoms with E-state index in [0.717, 1.165) is 19.4 Å². The largest absolute Gasteiger partial charge is 0.326 e. The number of imide groups is 1. The number of nitrogens with one attached hydrogen (secondary N) is 1. The highest BCUT2D eigenvalue weighted by Gasteiger charge is 2.44. The minimum Gasteiger partial charge on any atom is -0.326 e. The van der Waals surface area contributed by atoms with Crippen molar-refractivity contribution in [2.75, 3.05) is 16.8 Å². The van der Waals surface area contributed by atoms with Crippen molar-refractivity contribution >= 4 is 29.1 Å². The van der Waals surface area contributed by atoms with Gasteiger partial charge in [-0.1, -0.05) is 6.42 Å². The van der Waals surface area contributed by atoms with E-state index in [1.165, 1.54) is 18.2 Å². The van der Waals surface area contributed by atoms with E-state index in [1.807, 2.05) is 0 Å². The normalized spacial score (nSPS) is 25.2. The number of anilines is 2. The molecular weight excluding hydrogens is 306 g/mol. The lowest BCUT2D eigenvalue weighted by molar-refractivity contribution is -0.123. The molecule has 128 valence electrons. The van der Waals surface area contributed by atoms with Crippen molar-refractivity contribution in [3.05, 3.63) is 24.3 Å². The van der Waals surface area contributed by atoms with E-state index < -0.39 is 0 Å². The van der Waals surface area contributed by atoms with Crippen LogP contribution in [0.15, 0.2) is 24.3 Å². The van der Waals surface area contributed by atoms with Gasteiger partial charge in [0.1, 0.15) is 0 Å². The first-order valence-electron chi connectivity index (χ1n) is 8.47. The number of likely N-dealkylation sites (tertiary alicyclic amines) is 1. The Bertz CT molecular complexity index is 656. The summed E-state index contributed by atoms with van der Waals surface area (Å²) in [5, 5.41) is 2.68. The summed E-state index contributed by atoms with van der Waals surface area (Å²) in [4.78, 5) is 39.8. The second-order valence-corrected chi connectivity index (χ2v) is 6.60. The molecule has 0 unspecified atom stereocenters. The molecule has 2 aliphatic rings. The molecule has 6 heteroatoms. The number of carbonyl (C=O) groups is 3. The standard InChI is InChI=1S/C18H23N3O3/c1-12-5-3-4-10-20(12)16-11-17(23)21(18(16)24)15-8-6-14(7-9-15)19-13(2)22/h6-9,12,16H,3-5,10-11H2,1-2H3,(H,19,22)/t12-,16+/m1/s1. The third kappa shape index (κ3) is 3.19. The van der Waals surface area contributed by atoms with E-state index >= 15 is 0 Å². The van der Waals surface area contributed by atoms with Crippen LogP contribution in [0.1, 0.15) is 39.5 Å².